The summed E-state index contributed by atoms with van der Waals surface area (Å²) in [6.07, 6.45) is 0. The van der Waals surface area contributed by atoms with E-state index in [1.807, 2.05) is 54.6 Å². The fourth-order valence-electron chi connectivity index (χ4n) is 2.08. The summed E-state index contributed by atoms with van der Waals surface area (Å²) in [6, 6.07) is 19.3. The van der Waals surface area contributed by atoms with Crippen LogP contribution in [-0.2, 0) is 0 Å². The number of rotatable bonds is 1. The average Bonchev–Trinajstić information content (AvgIpc) is 2.40. The summed E-state index contributed by atoms with van der Waals surface area (Å²) in [5.41, 5.74) is 2.16. The maximum absolute atomic E-state index is 9.87. The number of halogens is 1. The van der Waals surface area contributed by atoms with Gasteiger partial charge in [-0.2, -0.15) is 0 Å². The van der Waals surface area contributed by atoms with Crippen molar-refractivity contribution in [2.24, 2.45) is 0 Å². The lowest BCUT2D eigenvalue weighted by atomic mass is 10.0. The Morgan fingerprint density at radius 1 is 0.778 bits per heavy atom. The summed E-state index contributed by atoms with van der Waals surface area (Å²) in [4.78, 5) is 0. The second-order valence-corrected chi connectivity index (χ2v) is 4.66. The maximum Gasteiger partial charge on any atom is 0.123 e. The van der Waals surface area contributed by atoms with Crippen LogP contribution in [0.2, 0.25) is 5.02 Å². The molecule has 3 aromatic rings. The van der Waals surface area contributed by atoms with Crippen molar-refractivity contribution in [2.75, 3.05) is 0 Å². The number of phenols is 1. The molecule has 0 aliphatic heterocycles. The highest BCUT2D eigenvalue weighted by Crippen LogP contribution is 2.30. The van der Waals surface area contributed by atoms with E-state index >= 15 is 0 Å². The van der Waals surface area contributed by atoms with Crippen molar-refractivity contribution in [3.63, 3.8) is 0 Å². The molecule has 0 fully saturated rings. The van der Waals surface area contributed by atoms with Gasteiger partial charge in [0.05, 0.1) is 0 Å². The van der Waals surface area contributed by atoms with Crippen molar-refractivity contribution in [3.05, 3.63) is 65.7 Å². The van der Waals surface area contributed by atoms with Crippen LogP contribution in [0.25, 0.3) is 21.9 Å². The molecule has 18 heavy (non-hydrogen) atoms. The van der Waals surface area contributed by atoms with E-state index < -0.39 is 0 Å². The number of benzene rings is 3. The predicted octanol–water partition coefficient (Wildman–Crippen LogP) is 4.87. The van der Waals surface area contributed by atoms with Crippen LogP contribution in [0.4, 0.5) is 0 Å². The lowest BCUT2D eigenvalue weighted by Crippen LogP contribution is -1.79. The Hall–Kier alpha value is -1.99. The molecule has 0 aliphatic rings. The van der Waals surface area contributed by atoms with Gasteiger partial charge in [-0.15, -0.1) is 0 Å². The standard InChI is InChI=1S/C16H11ClO/c17-14-8-6-11(7-9-14)13-5-4-12-2-1-3-16(18)15(12)10-13/h1-10,18H. The van der Waals surface area contributed by atoms with Crippen LogP contribution in [-0.4, -0.2) is 5.11 Å². The zero-order chi connectivity index (χ0) is 12.5. The smallest absolute Gasteiger partial charge is 0.123 e. The Morgan fingerprint density at radius 3 is 2.28 bits per heavy atom. The Bertz CT molecular complexity index is 702. The Labute approximate surface area is 110 Å². The Balaban J connectivity index is 2.18. The van der Waals surface area contributed by atoms with Crippen LogP contribution in [0, 0.1) is 0 Å². The monoisotopic (exact) mass is 254 g/mol. The third kappa shape index (κ3) is 1.93. The van der Waals surface area contributed by atoms with Gasteiger partial charge in [-0.25, -0.2) is 0 Å². The first-order valence-corrected chi connectivity index (χ1v) is 6.09. The van der Waals surface area contributed by atoms with Crippen LogP contribution in [0.15, 0.2) is 60.7 Å². The summed E-state index contributed by atoms with van der Waals surface area (Å²) in [5, 5.41) is 12.5. The number of hydrogen-bond donors (Lipinski definition) is 1. The molecule has 0 radical (unpaired) electrons. The molecule has 0 amide bonds. The van der Waals surface area contributed by atoms with Crippen molar-refractivity contribution >= 4 is 22.4 Å². The van der Waals surface area contributed by atoms with E-state index in [1.54, 1.807) is 6.07 Å². The normalized spacial score (nSPS) is 10.7. The SMILES string of the molecule is Oc1cccc2ccc(-c3ccc(Cl)cc3)cc12. The minimum absolute atomic E-state index is 0.309. The van der Waals surface area contributed by atoms with Gasteiger partial charge >= 0.3 is 0 Å². The minimum atomic E-state index is 0.309. The van der Waals surface area contributed by atoms with Gasteiger partial charge in [0.2, 0.25) is 0 Å². The summed E-state index contributed by atoms with van der Waals surface area (Å²) in [6.45, 7) is 0. The minimum Gasteiger partial charge on any atom is -0.507 e. The van der Waals surface area contributed by atoms with Gasteiger partial charge in [0.15, 0.2) is 0 Å². The summed E-state index contributed by atoms with van der Waals surface area (Å²) < 4.78 is 0. The van der Waals surface area contributed by atoms with Gasteiger partial charge in [-0.3, -0.25) is 0 Å². The van der Waals surface area contributed by atoms with E-state index in [1.165, 1.54) is 0 Å². The largest absolute Gasteiger partial charge is 0.507 e. The lowest BCUT2D eigenvalue weighted by Gasteiger charge is -2.05. The van der Waals surface area contributed by atoms with Gasteiger partial charge in [-0.05, 0) is 40.8 Å². The molecule has 1 nitrogen and oxygen atoms in total. The van der Waals surface area contributed by atoms with Crippen LogP contribution in [0.5, 0.6) is 5.75 Å². The zero-order valence-electron chi connectivity index (χ0n) is 9.60. The number of fused-ring (bicyclic) bond motifs is 1. The quantitative estimate of drug-likeness (QED) is 0.657. The topological polar surface area (TPSA) is 20.2 Å². The summed E-state index contributed by atoms with van der Waals surface area (Å²) >= 11 is 5.88. The second-order valence-electron chi connectivity index (χ2n) is 4.22. The first kappa shape index (κ1) is 11.1. The van der Waals surface area contributed by atoms with Gasteiger partial charge in [0.1, 0.15) is 5.75 Å². The predicted molar refractivity (Wildman–Crippen MR) is 76.1 cm³/mol. The van der Waals surface area contributed by atoms with Gasteiger partial charge in [0.25, 0.3) is 0 Å². The fourth-order valence-corrected chi connectivity index (χ4v) is 2.20. The van der Waals surface area contributed by atoms with E-state index in [-0.39, 0.29) is 0 Å². The van der Waals surface area contributed by atoms with Crippen molar-refractivity contribution in [2.45, 2.75) is 0 Å². The van der Waals surface area contributed by atoms with Crippen LogP contribution in [0.3, 0.4) is 0 Å². The molecule has 0 saturated heterocycles. The van der Waals surface area contributed by atoms with E-state index in [0.717, 1.165) is 26.9 Å². The fraction of sp³-hybridized carbons (Fsp3) is 0. The highest BCUT2D eigenvalue weighted by atomic mass is 35.5. The highest BCUT2D eigenvalue weighted by Gasteiger charge is 2.02. The van der Waals surface area contributed by atoms with Gasteiger partial charge in [0, 0.05) is 10.4 Å². The molecule has 0 aliphatic carbocycles. The third-order valence-corrected chi connectivity index (χ3v) is 3.29. The molecule has 0 bridgehead atoms. The average molecular weight is 255 g/mol. The number of aromatic hydroxyl groups is 1. The third-order valence-electron chi connectivity index (χ3n) is 3.04. The molecule has 3 rings (SSSR count). The first-order valence-electron chi connectivity index (χ1n) is 5.72. The van der Waals surface area contributed by atoms with Crippen molar-refractivity contribution in [3.8, 4) is 16.9 Å². The van der Waals surface area contributed by atoms with Crippen LogP contribution >= 0.6 is 11.6 Å². The molecular formula is C16H11ClO. The van der Waals surface area contributed by atoms with E-state index in [0.29, 0.717) is 5.75 Å². The van der Waals surface area contributed by atoms with E-state index in [2.05, 4.69) is 0 Å². The van der Waals surface area contributed by atoms with Gasteiger partial charge in [-0.1, -0.05) is 48.0 Å². The lowest BCUT2D eigenvalue weighted by molar-refractivity contribution is 0.481. The highest BCUT2D eigenvalue weighted by molar-refractivity contribution is 6.30. The summed E-state index contributed by atoms with van der Waals surface area (Å²) in [5.74, 6) is 0.309. The molecule has 88 valence electrons. The Kier molecular flexibility index (Phi) is 2.69. The van der Waals surface area contributed by atoms with Crippen LogP contribution < -0.4 is 0 Å². The van der Waals surface area contributed by atoms with E-state index in [4.69, 9.17) is 11.6 Å². The molecule has 3 aromatic carbocycles. The molecule has 1 N–H and O–H groups in total. The molecular weight excluding hydrogens is 244 g/mol. The zero-order valence-corrected chi connectivity index (χ0v) is 10.4. The van der Waals surface area contributed by atoms with E-state index in [9.17, 15) is 5.11 Å². The summed E-state index contributed by atoms with van der Waals surface area (Å²) in [7, 11) is 0. The molecule has 0 saturated carbocycles. The van der Waals surface area contributed by atoms with Crippen molar-refractivity contribution in [1.29, 1.82) is 0 Å². The molecule has 0 heterocycles. The maximum atomic E-state index is 9.87. The molecule has 2 heteroatoms. The molecule has 0 aromatic heterocycles. The molecule has 0 spiro atoms. The van der Waals surface area contributed by atoms with Gasteiger partial charge < -0.3 is 5.11 Å². The molecule has 0 unspecified atom stereocenters. The number of phenolic OH excluding ortho intramolecular Hbond substituents is 1. The Morgan fingerprint density at radius 2 is 1.50 bits per heavy atom. The second kappa shape index (κ2) is 4.35. The number of hydrogen-bond acceptors (Lipinski definition) is 1. The molecule has 0 atom stereocenters. The van der Waals surface area contributed by atoms with Crippen molar-refractivity contribution in [1.82, 2.24) is 0 Å². The van der Waals surface area contributed by atoms with Crippen molar-refractivity contribution < 1.29 is 5.11 Å². The first-order chi connectivity index (χ1) is 8.74. The van der Waals surface area contributed by atoms with Crippen LogP contribution in [0.1, 0.15) is 0 Å².